The van der Waals surface area contributed by atoms with E-state index in [2.05, 4.69) is 56.5 Å². The number of aromatic amines is 1. The standard InChI is InChI=1S/C25H28N10O/c1-4-6-22-15-34(24-27-16-28-35(24)13-17(2)3)25(36)33(22)14-21-12-19(9-10-26-21)18-7-5-8-20(11-18)23-29-31-32-30-23/h5,7-12,15-17H,4,6,13-14H2,1-3H3,(H,29,30,31,32). The number of rotatable bonds is 9. The number of pyridine rings is 1. The second-order valence-electron chi connectivity index (χ2n) is 9.10. The van der Waals surface area contributed by atoms with Gasteiger partial charge in [-0.3, -0.25) is 9.55 Å². The van der Waals surface area contributed by atoms with Gasteiger partial charge in [-0.15, -0.1) is 10.2 Å². The Morgan fingerprint density at radius 2 is 1.89 bits per heavy atom. The number of aromatic nitrogens is 10. The Morgan fingerprint density at radius 1 is 1.06 bits per heavy atom. The molecule has 1 N–H and O–H groups in total. The molecule has 5 rings (SSSR count). The Kier molecular flexibility index (Phi) is 6.52. The fraction of sp³-hybridized carbons (Fsp3) is 0.320. The molecule has 5 aromatic rings. The van der Waals surface area contributed by atoms with Crippen LogP contribution < -0.4 is 5.69 Å². The lowest BCUT2D eigenvalue weighted by Crippen LogP contribution is -2.27. The summed E-state index contributed by atoms with van der Waals surface area (Å²) < 4.78 is 5.15. The van der Waals surface area contributed by atoms with Crippen LogP contribution in [0.2, 0.25) is 0 Å². The Morgan fingerprint density at radius 3 is 2.67 bits per heavy atom. The van der Waals surface area contributed by atoms with Crippen molar-refractivity contribution in [2.24, 2.45) is 5.92 Å². The fourth-order valence-electron chi connectivity index (χ4n) is 4.24. The molecule has 0 aliphatic carbocycles. The SMILES string of the molecule is CCCc1cn(-c2ncnn2CC(C)C)c(=O)n1Cc1cc(-c2cccc(-c3nn[nH]n3)c2)ccn1. The van der Waals surface area contributed by atoms with Gasteiger partial charge in [0, 0.05) is 30.2 Å². The van der Waals surface area contributed by atoms with Gasteiger partial charge >= 0.3 is 5.69 Å². The summed E-state index contributed by atoms with van der Waals surface area (Å²) in [6, 6.07) is 11.9. The molecule has 11 nitrogen and oxygen atoms in total. The van der Waals surface area contributed by atoms with Gasteiger partial charge in [-0.25, -0.2) is 14.0 Å². The highest BCUT2D eigenvalue weighted by Crippen LogP contribution is 2.24. The maximum atomic E-state index is 13.5. The maximum absolute atomic E-state index is 13.5. The third-order valence-electron chi connectivity index (χ3n) is 5.85. The molecule has 4 aromatic heterocycles. The average molecular weight is 485 g/mol. The van der Waals surface area contributed by atoms with Gasteiger partial charge in [-0.2, -0.15) is 15.3 Å². The molecule has 0 saturated carbocycles. The molecule has 184 valence electrons. The summed E-state index contributed by atoms with van der Waals surface area (Å²) in [4.78, 5) is 22.5. The molecule has 0 aliphatic rings. The molecule has 0 fully saturated rings. The van der Waals surface area contributed by atoms with Crippen LogP contribution >= 0.6 is 0 Å². The van der Waals surface area contributed by atoms with E-state index in [1.165, 1.54) is 6.33 Å². The number of hydrogen-bond donors (Lipinski definition) is 1. The third-order valence-corrected chi connectivity index (χ3v) is 5.85. The van der Waals surface area contributed by atoms with Crippen LogP contribution in [0.3, 0.4) is 0 Å². The van der Waals surface area contributed by atoms with Crippen LogP contribution in [0.25, 0.3) is 28.5 Å². The van der Waals surface area contributed by atoms with Gasteiger partial charge < -0.3 is 0 Å². The van der Waals surface area contributed by atoms with E-state index in [0.717, 1.165) is 40.9 Å². The first kappa shape index (κ1) is 23.3. The van der Waals surface area contributed by atoms with E-state index < -0.39 is 0 Å². The number of aryl methyl sites for hydroxylation is 1. The zero-order chi connectivity index (χ0) is 25.1. The van der Waals surface area contributed by atoms with Gasteiger partial charge in [-0.1, -0.05) is 45.4 Å². The smallest absolute Gasteiger partial charge is 0.290 e. The topological polar surface area (TPSA) is 125 Å². The largest absolute Gasteiger partial charge is 0.335 e. The highest BCUT2D eigenvalue weighted by Gasteiger charge is 2.17. The van der Waals surface area contributed by atoms with E-state index in [1.807, 2.05) is 42.6 Å². The van der Waals surface area contributed by atoms with E-state index in [4.69, 9.17) is 0 Å². The second-order valence-corrected chi connectivity index (χ2v) is 9.10. The number of benzene rings is 1. The Hall–Kier alpha value is -4.41. The van der Waals surface area contributed by atoms with Crippen LogP contribution in [0, 0.1) is 5.92 Å². The van der Waals surface area contributed by atoms with Gasteiger partial charge in [-0.05, 0) is 46.9 Å². The summed E-state index contributed by atoms with van der Waals surface area (Å²) in [5.41, 5.74) is 4.44. The monoisotopic (exact) mass is 484 g/mol. The average Bonchev–Trinajstić information content (AvgIpc) is 3.63. The van der Waals surface area contributed by atoms with Crippen molar-refractivity contribution in [2.45, 2.75) is 46.7 Å². The van der Waals surface area contributed by atoms with Gasteiger partial charge in [0.2, 0.25) is 11.8 Å². The first-order chi connectivity index (χ1) is 17.5. The van der Waals surface area contributed by atoms with Crippen molar-refractivity contribution < 1.29 is 0 Å². The summed E-state index contributed by atoms with van der Waals surface area (Å²) in [6.07, 6.45) is 6.83. The molecule has 11 heteroatoms. The number of hydrogen-bond acceptors (Lipinski definition) is 7. The van der Waals surface area contributed by atoms with Crippen LogP contribution in [0.5, 0.6) is 0 Å². The maximum Gasteiger partial charge on any atom is 0.335 e. The van der Waals surface area contributed by atoms with Gasteiger partial charge in [0.05, 0.1) is 12.2 Å². The quantitative estimate of drug-likeness (QED) is 0.341. The van der Waals surface area contributed by atoms with Crippen LogP contribution in [0.4, 0.5) is 0 Å². The van der Waals surface area contributed by atoms with Crippen LogP contribution in [0.1, 0.15) is 38.6 Å². The molecule has 0 bridgehead atoms. The lowest BCUT2D eigenvalue weighted by Gasteiger charge is -2.09. The molecule has 0 amide bonds. The minimum absolute atomic E-state index is 0.150. The van der Waals surface area contributed by atoms with Crippen LogP contribution in [-0.2, 0) is 19.5 Å². The Balaban J connectivity index is 1.48. The van der Waals surface area contributed by atoms with Crippen molar-refractivity contribution in [1.29, 1.82) is 0 Å². The molecule has 1 aromatic carbocycles. The van der Waals surface area contributed by atoms with Crippen molar-refractivity contribution in [1.82, 2.24) is 49.5 Å². The van der Waals surface area contributed by atoms with Crippen molar-refractivity contribution in [3.63, 3.8) is 0 Å². The van der Waals surface area contributed by atoms with Crippen molar-refractivity contribution in [3.05, 3.63) is 77.0 Å². The zero-order valence-electron chi connectivity index (χ0n) is 20.5. The number of nitrogens with one attached hydrogen (secondary N) is 1. The van der Waals surface area contributed by atoms with E-state index in [0.29, 0.717) is 30.8 Å². The molecular formula is C25H28N10O. The molecule has 0 spiro atoms. The second kappa shape index (κ2) is 10.1. The predicted molar refractivity (Wildman–Crippen MR) is 134 cm³/mol. The third kappa shape index (κ3) is 4.72. The fourth-order valence-corrected chi connectivity index (χ4v) is 4.24. The summed E-state index contributed by atoms with van der Waals surface area (Å²) in [5, 5.41) is 18.6. The van der Waals surface area contributed by atoms with Crippen LogP contribution in [-0.4, -0.2) is 49.5 Å². The van der Waals surface area contributed by atoms with Gasteiger partial charge in [0.1, 0.15) is 6.33 Å². The molecule has 0 unspecified atom stereocenters. The van der Waals surface area contributed by atoms with Crippen molar-refractivity contribution in [2.75, 3.05) is 0 Å². The Labute approximate surface area is 207 Å². The highest BCUT2D eigenvalue weighted by molar-refractivity contribution is 5.70. The molecular weight excluding hydrogens is 456 g/mol. The summed E-state index contributed by atoms with van der Waals surface area (Å²) in [5.74, 6) is 1.45. The predicted octanol–water partition coefficient (Wildman–Crippen LogP) is 3.13. The molecule has 0 atom stereocenters. The lowest BCUT2D eigenvalue weighted by atomic mass is 10.0. The van der Waals surface area contributed by atoms with Gasteiger partial charge in [0.25, 0.3) is 0 Å². The zero-order valence-corrected chi connectivity index (χ0v) is 20.5. The highest BCUT2D eigenvalue weighted by atomic mass is 16.2. The van der Waals surface area contributed by atoms with Crippen molar-refractivity contribution in [3.8, 4) is 28.5 Å². The van der Waals surface area contributed by atoms with Crippen molar-refractivity contribution >= 4 is 0 Å². The molecule has 36 heavy (non-hydrogen) atoms. The first-order valence-corrected chi connectivity index (χ1v) is 12.0. The van der Waals surface area contributed by atoms with E-state index in [-0.39, 0.29) is 5.69 Å². The molecule has 0 aliphatic heterocycles. The first-order valence-electron chi connectivity index (χ1n) is 12.0. The summed E-state index contributed by atoms with van der Waals surface area (Å²) in [7, 11) is 0. The number of imidazole rings is 1. The number of tetrazole rings is 1. The summed E-state index contributed by atoms with van der Waals surface area (Å²) >= 11 is 0. The Bertz CT molecular complexity index is 1510. The minimum Gasteiger partial charge on any atom is -0.290 e. The van der Waals surface area contributed by atoms with E-state index in [9.17, 15) is 4.79 Å². The molecule has 4 heterocycles. The minimum atomic E-state index is -0.150. The normalized spacial score (nSPS) is 11.4. The number of H-pyrrole nitrogens is 1. The lowest BCUT2D eigenvalue weighted by molar-refractivity contribution is 0.473. The van der Waals surface area contributed by atoms with E-state index >= 15 is 0 Å². The molecule has 0 radical (unpaired) electrons. The summed E-state index contributed by atoms with van der Waals surface area (Å²) in [6.45, 7) is 7.36. The van der Waals surface area contributed by atoms with E-state index in [1.54, 1.807) is 20.0 Å². The van der Waals surface area contributed by atoms with Crippen LogP contribution in [0.15, 0.2) is 59.9 Å². The molecule has 0 saturated heterocycles. The van der Waals surface area contributed by atoms with Gasteiger partial charge in [0.15, 0.2) is 0 Å². The number of nitrogens with zero attached hydrogens (tertiary/aromatic N) is 9.